The molecule has 3 heteroatoms. The maximum atomic E-state index is 11.8. The van der Waals surface area contributed by atoms with Gasteiger partial charge in [0.2, 0.25) is 0 Å². The van der Waals surface area contributed by atoms with Gasteiger partial charge in [-0.15, -0.1) is 0 Å². The van der Waals surface area contributed by atoms with E-state index in [1.165, 1.54) is 17.5 Å². The molecule has 0 unspecified atom stereocenters. The maximum Gasteiger partial charge on any atom is 0.274 e. The van der Waals surface area contributed by atoms with E-state index in [9.17, 15) is 4.79 Å². The monoisotopic (exact) mass is 233 g/mol. The Balaban J connectivity index is 1.95. The van der Waals surface area contributed by atoms with Crippen molar-refractivity contribution in [3.8, 4) is 0 Å². The summed E-state index contributed by atoms with van der Waals surface area (Å²) in [6, 6.07) is 5.91. The molecule has 1 aromatic rings. The van der Waals surface area contributed by atoms with E-state index in [1.54, 1.807) is 0 Å². The van der Waals surface area contributed by atoms with Gasteiger partial charge in [0.1, 0.15) is 0 Å². The molecule has 92 valence electrons. The molecule has 3 nitrogen and oxygen atoms in total. The molecule has 1 aromatic carbocycles. The topological polar surface area (TPSA) is 38.3 Å². The Labute approximate surface area is 102 Å². The molecule has 17 heavy (non-hydrogen) atoms. The largest absolute Gasteiger partial charge is 0.274 e. The van der Waals surface area contributed by atoms with Gasteiger partial charge in [-0.2, -0.15) is 0 Å². The van der Waals surface area contributed by atoms with Crippen LogP contribution in [0.5, 0.6) is 0 Å². The van der Waals surface area contributed by atoms with Crippen LogP contribution in [-0.2, 0) is 17.7 Å². The Morgan fingerprint density at radius 1 is 1.35 bits per heavy atom. The molecule has 0 spiro atoms. The van der Waals surface area contributed by atoms with Gasteiger partial charge in [-0.05, 0) is 48.4 Å². The summed E-state index contributed by atoms with van der Waals surface area (Å²) in [6.45, 7) is 4.62. The Morgan fingerprint density at radius 3 is 2.88 bits per heavy atom. The fourth-order valence-electron chi connectivity index (χ4n) is 2.05. The average molecular weight is 233 g/mol. The number of hydrogen-bond donors (Lipinski definition) is 1. The predicted molar refractivity (Wildman–Crippen MR) is 66.7 cm³/mol. The van der Waals surface area contributed by atoms with Crippen LogP contribution < -0.4 is 5.48 Å². The maximum absolute atomic E-state index is 11.8. The summed E-state index contributed by atoms with van der Waals surface area (Å²) in [4.78, 5) is 16.9. The first kappa shape index (κ1) is 12.1. The van der Waals surface area contributed by atoms with E-state index in [4.69, 9.17) is 4.84 Å². The molecular formula is C14H19NO2. The summed E-state index contributed by atoms with van der Waals surface area (Å²) in [5.41, 5.74) is 5.86. The van der Waals surface area contributed by atoms with Crippen LogP contribution >= 0.6 is 0 Å². The molecule has 0 atom stereocenters. The van der Waals surface area contributed by atoms with E-state index in [1.807, 2.05) is 26.0 Å². The minimum Gasteiger partial charge on any atom is -0.273 e. The van der Waals surface area contributed by atoms with Crippen LogP contribution in [0.3, 0.4) is 0 Å². The molecular weight excluding hydrogens is 214 g/mol. The number of amides is 1. The normalized spacial score (nSPS) is 13.8. The van der Waals surface area contributed by atoms with Gasteiger partial charge in [0.15, 0.2) is 0 Å². The number of rotatable bonds is 4. The van der Waals surface area contributed by atoms with Gasteiger partial charge in [0.05, 0.1) is 6.61 Å². The summed E-state index contributed by atoms with van der Waals surface area (Å²) in [5.74, 6) is 0.260. The van der Waals surface area contributed by atoms with Crippen LogP contribution in [0, 0.1) is 5.92 Å². The van der Waals surface area contributed by atoms with Crippen molar-refractivity contribution in [2.75, 3.05) is 6.61 Å². The lowest BCUT2D eigenvalue weighted by molar-refractivity contribution is 0.0208. The van der Waals surface area contributed by atoms with Gasteiger partial charge < -0.3 is 0 Å². The number of benzene rings is 1. The minimum absolute atomic E-state index is 0.152. The van der Waals surface area contributed by atoms with Crippen LogP contribution in [0.15, 0.2) is 18.2 Å². The Bertz CT molecular complexity index is 413. The van der Waals surface area contributed by atoms with Gasteiger partial charge in [-0.3, -0.25) is 9.63 Å². The number of carbonyl (C=O) groups is 1. The van der Waals surface area contributed by atoms with E-state index in [0.717, 1.165) is 12.8 Å². The number of fused-ring (bicyclic) bond motifs is 1. The Hall–Kier alpha value is -1.35. The molecule has 0 bridgehead atoms. The van der Waals surface area contributed by atoms with Crippen molar-refractivity contribution in [2.45, 2.75) is 33.1 Å². The standard InChI is InChI=1S/C14H19NO2/c1-10(2)9-17-15-14(16)13-7-6-11-4-3-5-12(11)8-13/h6-8,10H,3-5,9H2,1-2H3,(H,15,16). The zero-order chi connectivity index (χ0) is 12.3. The second-order valence-electron chi connectivity index (χ2n) is 4.97. The van der Waals surface area contributed by atoms with Gasteiger partial charge in [-0.1, -0.05) is 19.9 Å². The van der Waals surface area contributed by atoms with E-state index in [-0.39, 0.29) is 5.91 Å². The van der Waals surface area contributed by atoms with Crippen LogP contribution in [0.4, 0.5) is 0 Å². The molecule has 0 saturated heterocycles. The highest BCUT2D eigenvalue weighted by Crippen LogP contribution is 2.22. The van der Waals surface area contributed by atoms with Crippen LogP contribution in [0.2, 0.25) is 0 Å². The zero-order valence-corrected chi connectivity index (χ0v) is 10.5. The second-order valence-corrected chi connectivity index (χ2v) is 4.97. The van der Waals surface area contributed by atoms with Crippen molar-refractivity contribution < 1.29 is 9.63 Å². The van der Waals surface area contributed by atoms with E-state index < -0.39 is 0 Å². The highest BCUT2D eigenvalue weighted by atomic mass is 16.6. The summed E-state index contributed by atoms with van der Waals surface area (Å²) in [5, 5.41) is 0. The first-order valence-corrected chi connectivity index (χ1v) is 6.21. The number of hydroxylamine groups is 1. The van der Waals surface area contributed by atoms with Crippen LogP contribution in [0.1, 0.15) is 41.8 Å². The summed E-state index contributed by atoms with van der Waals surface area (Å²) >= 11 is 0. The first-order valence-electron chi connectivity index (χ1n) is 6.21. The Kier molecular flexibility index (Phi) is 3.79. The van der Waals surface area contributed by atoms with E-state index in [2.05, 4.69) is 11.5 Å². The SMILES string of the molecule is CC(C)CONC(=O)c1ccc2c(c1)CCC2. The average Bonchev–Trinajstić information content (AvgIpc) is 2.75. The molecule has 0 saturated carbocycles. The highest BCUT2D eigenvalue weighted by Gasteiger charge is 2.13. The quantitative estimate of drug-likeness (QED) is 0.811. The molecule has 1 aliphatic rings. The molecule has 2 rings (SSSR count). The Morgan fingerprint density at radius 2 is 2.12 bits per heavy atom. The van der Waals surface area contributed by atoms with Crippen molar-refractivity contribution >= 4 is 5.91 Å². The third kappa shape index (κ3) is 3.07. The van der Waals surface area contributed by atoms with E-state index in [0.29, 0.717) is 18.1 Å². The van der Waals surface area contributed by atoms with Crippen molar-refractivity contribution in [1.82, 2.24) is 5.48 Å². The summed E-state index contributed by atoms with van der Waals surface area (Å²) in [7, 11) is 0. The molecule has 1 N–H and O–H groups in total. The fraction of sp³-hybridized carbons (Fsp3) is 0.500. The number of nitrogens with one attached hydrogen (secondary N) is 1. The molecule has 0 aromatic heterocycles. The van der Waals surface area contributed by atoms with Crippen molar-refractivity contribution in [2.24, 2.45) is 5.92 Å². The summed E-state index contributed by atoms with van der Waals surface area (Å²) < 4.78 is 0. The smallest absolute Gasteiger partial charge is 0.273 e. The van der Waals surface area contributed by atoms with Gasteiger partial charge >= 0.3 is 0 Å². The van der Waals surface area contributed by atoms with Crippen molar-refractivity contribution in [3.63, 3.8) is 0 Å². The highest BCUT2D eigenvalue weighted by molar-refractivity contribution is 5.93. The lowest BCUT2D eigenvalue weighted by Gasteiger charge is -2.08. The van der Waals surface area contributed by atoms with Crippen molar-refractivity contribution in [1.29, 1.82) is 0 Å². The third-order valence-electron chi connectivity index (χ3n) is 2.94. The predicted octanol–water partition coefficient (Wildman–Crippen LogP) is 2.49. The summed E-state index contributed by atoms with van der Waals surface area (Å²) in [6.07, 6.45) is 3.43. The first-order chi connectivity index (χ1) is 8.16. The second kappa shape index (κ2) is 5.32. The van der Waals surface area contributed by atoms with Gasteiger partial charge in [-0.25, -0.2) is 5.48 Å². The fourth-order valence-corrected chi connectivity index (χ4v) is 2.05. The van der Waals surface area contributed by atoms with Crippen LogP contribution in [-0.4, -0.2) is 12.5 Å². The molecule has 0 heterocycles. The molecule has 1 amide bonds. The van der Waals surface area contributed by atoms with Gasteiger partial charge in [0.25, 0.3) is 5.91 Å². The molecule has 0 radical (unpaired) electrons. The third-order valence-corrected chi connectivity index (χ3v) is 2.94. The van der Waals surface area contributed by atoms with Crippen molar-refractivity contribution in [3.05, 3.63) is 34.9 Å². The van der Waals surface area contributed by atoms with E-state index >= 15 is 0 Å². The lowest BCUT2D eigenvalue weighted by Crippen LogP contribution is -2.25. The van der Waals surface area contributed by atoms with Gasteiger partial charge in [0, 0.05) is 5.56 Å². The lowest BCUT2D eigenvalue weighted by atomic mass is 10.1. The number of hydrogen-bond acceptors (Lipinski definition) is 2. The molecule has 0 aliphatic heterocycles. The number of carbonyl (C=O) groups excluding carboxylic acids is 1. The zero-order valence-electron chi connectivity index (χ0n) is 10.5. The van der Waals surface area contributed by atoms with Crippen LogP contribution in [0.25, 0.3) is 0 Å². The minimum atomic E-state index is -0.152. The number of aryl methyl sites for hydroxylation is 2. The molecule has 0 fully saturated rings. The molecule has 1 aliphatic carbocycles.